The normalized spacial score (nSPS) is 29.4. The lowest BCUT2D eigenvalue weighted by Crippen LogP contribution is -2.38. The van der Waals surface area contributed by atoms with E-state index in [4.69, 9.17) is 9.84 Å². The molecule has 0 spiro atoms. The van der Waals surface area contributed by atoms with Crippen LogP contribution in [0.4, 0.5) is 5.13 Å². The summed E-state index contributed by atoms with van der Waals surface area (Å²) in [6.07, 6.45) is 4.50. The van der Waals surface area contributed by atoms with E-state index in [0.717, 1.165) is 18.6 Å². The number of aliphatic hydroxyl groups is 1. The van der Waals surface area contributed by atoms with Gasteiger partial charge in [0.15, 0.2) is 11.6 Å². The van der Waals surface area contributed by atoms with Gasteiger partial charge in [0.25, 0.3) is 0 Å². The van der Waals surface area contributed by atoms with E-state index in [-0.39, 0.29) is 56.1 Å². The molecule has 1 aromatic carbocycles. The van der Waals surface area contributed by atoms with E-state index >= 15 is 0 Å². The number of thiazole rings is 1. The van der Waals surface area contributed by atoms with Crippen LogP contribution in [0.1, 0.15) is 65.0 Å². The first-order valence-electron chi connectivity index (χ1n) is 13.0. The zero-order valence-electron chi connectivity index (χ0n) is 22.7. The van der Waals surface area contributed by atoms with E-state index in [2.05, 4.69) is 31.2 Å². The molecule has 4 aliphatic rings. The fourth-order valence-corrected chi connectivity index (χ4v) is 7.56. The number of Topliss-reactive ketones (excluding diaryl/α,β-unsaturated/α-hetero) is 2. The molecule has 1 aromatic heterocycles. The lowest BCUT2D eigenvalue weighted by atomic mass is 9.70. The van der Waals surface area contributed by atoms with Crippen LogP contribution in [0.25, 0.3) is 11.3 Å². The Kier molecular flexibility index (Phi) is 5.21. The highest BCUT2D eigenvalue weighted by atomic mass is 32.1. The molecular formula is C29H31N3O6S. The molecule has 0 unspecified atom stereocenters. The van der Waals surface area contributed by atoms with Crippen LogP contribution in [-0.2, 0) is 15.0 Å². The number of hydrogen-bond donors (Lipinski definition) is 4. The van der Waals surface area contributed by atoms with Crippen LogP contribution in [-0.4, -0.2) is 37.6 Å². The van der Waals surface area contributed by atoms with E-state index in [9.17, 15) is 24.9 Å². The number of hydrazone groups is 1. The summed E-state index contributed by atoms with van der Waals surface area (Å²) in [5, 5.41) is 39.6. The van der Waals surface area contributed by atoms with Crippen molar-refractivity contribution < 1.29 is 29.6 Å². The number of benzene rings is 1. The summed E-state index contributed by atoms with van der Waals surface area (Å²) in [4.78, 5) is 30.3. The molecule has 6 rings (SSSR count). The second-order valence-electron chi connectivity index (χ2n) is 12.0. The molecule has 0 saturated heterocycles. The van der Waals surface area contributed by atoms with Crippen LogP contribution in [0.5, 0.6) is 17.2 Å². The summed E-state index contributed by atoms with van der Waals surface area (Å²) in [5.41, 5.74) is 3.40. The second kappa shape index (κ2) is 7.94. The number of rotatable bonds is 4. The van der Waals surface area contributed by atoms with Crippen LogP contribution in [0, 0.1) is 23.7 Å². The van der Waals surface area contributed by atoms with Gasteiger partial charge in [-0.25, -0.2) is 4.98 Å². The lowest BCUT2D eigenvalue weighted by molar-refractivity contribution is -0.123. The van der Waals surface area contributed by atoms with Crippen molar-refractivity contribution >= 4 is 33.7 Å². The van der Waals surface area contributed by atoms with Gasteiger partial charge in [-0.15, -0.1) is 11.3 Å². The van der Waals surface area contributed by atoms with Gasteiger partial charge >= 0.3 is 0 Å². The van der Waals surface area contributed by atoms with Gasteiger partial charge in [0, 0.05) is 28.1 Å². The lowest BCUT2D eigenvalue weighted by Gasteiger charge is -2.34. The number of carbonyl (C=O) groups is 2. The molecule has 0 radical (unpaired) electrons. The number of nitrogens with zero attached hydrogens (tertiary/aromatic N) is 2. The summed E-state index contributed by atoms with van der Waals surface area (Å²) in [6.45, 7) is 11.2. The standard InChI is InChI=1S/C29H31N3O6S/c1-12-22(35)20(15-11-39-26(30-15)32-31-17-9-14-7-8-28(17,5)27(14,3)4)24-21(23(12)36)29(6)18(38-24)10-16(34)19(13(2)33)25(29)37/h10-11,14,34-36H,7-9H2,1-6H3,(H,30,32)/b31-17-/t14-,28+,29+/m1/s1. The van der Waals surface area contributed by atoms with Gasteiger partial charge in [-0.1, -0.05) is 20.8 Å². The van der Waals surface area contributed by atoms with Gasteiger partial charge in [0.05, 0.1) is 16.8 Å². The van der Waals surface area contributed by atoms with E-state index < -0.39 is 22.7 Å². The number of anilines is 1. The number of phenolic OH excluding ortho intramolecular Hbond substituents is 2. The Morgan fingerprint density at radius 1 is 1.21 bits per heavy atom. The van der Waals surface area contributed by atoms with Crippen molar-refractivity contribution in [3.05, 3.63) is 39.7 Å². The van der Waals surface area contributed by atoms with Crippen molar-refractivity contribution in [3.63, 3.8) is 0 Å². The van der Waals surface area contributed by atoms with E-state index in [1.165, 1.54) is 44.6 Å². The number of carbonyl (C=O) groups excluding carboxylic acids is 2. The Hall–Kier alpha value is -3.66. The molecule has 2 bridgehead atoms. The molecule has 3 atom stereocenters. The molecule has 9 nitrogen and oxygen atoms in total. The van der Waals surface area contributed by atoms with Crippen molar-refractivity contribution in [1.29, 1.82) is 0 Å². The minimum atomic E-state index is -1.56. The van der Waals surface area contributed by atoms with Crippen LogP contribution >= 0.6 is 11.3 Å². The highest BCUT2D eigenvalue weighted by Gasteiger charge is 2.60. The first-order chi connectivity index (χ1) is 18.2. The van der Waals surface area contributed by atoms with Gasteiger partial charge in [-0.2, -0.15) is 5.10 Å². The number of phenols is 2. The third-order valence-electron chi connectivity index (χ3n) is 9.96. The van der Waals surface area contributed by atoms with Gasteiger partial charge in [0.2, 0.25) is 5.13 Å². The van der Waals surface area contributed by atoms with E-state index in [1.54, 1.807) is 5.38 Å². The van der Waals surface area contributed by atoms with Gasteiger partial charge in [-0.3, -0.25) is 15.0 Å². The number of nitrogens with one attached hydrogen (secondary N) is 1. The molecule has 0 amide bonds. The zero-order chi connectivity index (χ0) is 28.2. The maximum absolute atomic E-state index is 13.5. The molecule has 2 aromatic rings. The van der Waals surface area contributed by atoms with Gasteiger partial charge < -0.3 is 20.1 Å². The summed E-state index contributed by atoms with van der Waals surface area (Å²) >= 11 is 1.31. The first-order valence-corrected chi connectivity index (χ1v) is 13.9. The Morgan fingerprint density at radius 2 is 1.92 bits per heavy atom. The van der Waals surface area contributed by atoms with Crippen molar-refractivity contribution in [2.24, 2.45) is 21.8 Å². The highest BCUT2D eigenvalue weighted by Crippen LogP contribution is 2.64. The average Bonchev–Trinajstić information content (AvgIpc) is 3.55. The van der Waals surface area contributed by atoms with Crippen LogP contribution < -0.4 is 10.2 Å². The number of fused-ring (bicyclic) bond motifs is 5. The number of aromatic hydroxyl groups is 2. The second-order valence-corrected chi connectivity index (χ2v) is 12.8. The molecular weight excluding hydrogens is 518 g/mol. The summed E-state index contributed by atoms with van der Waals surface area (Å²) in [5.74, 6) is -1.61. The molecule has 2 saturated carbocycles. The molecule has 204 valence electrons. The average molecular weight is 550 g/mol. The maximum atomic E-state index is 13.5. The van der Waals surface area contributed by atoms with Crippen LogP contribution in [0.2, 0.25) is 0 Å². The SMILES string of the molecule is CC(=O)C1=C(O)C=C2Oc3c(-c4csc(N/N=C5/C[C@H]6CC[C@]5(C)C6(C)C)n4)c(O)c(C)c(O)c3[C@@]2(C)C1=O. The monoisotopic (exact) mass is 549 g/mol. The predicted octanol–water partition coefficient (Wildman–Crippen LogP) is 5.66. The minimum absolute atomic E-state index is 0.0378. The fraction of sp³-hybridized carbons (Fsp3) is 0.448. The zero-order valence-corrected chi connectivity index (χ0v) is 23.5. The third kappa shape index (κ3) is 3.12. The Balaban J connectivity index is 1.41. The van der Waals surface area contributed by atoms with Gasteiger partial charge in [0.1, 0.15) is 39.8 Å². The molecule has 39 heavy (non-hydrogen) atoms. The predicted molar refractivity (Wildman–Crippen MR) is 147 cm³/mol. The number of hydrogen-bond acceptors (Lipinski definition) is 10. The maximum Gasteiger partial charge on any atom is 0.203 e. The van der Waals surface area contributed by atoms with Crippen molar-refractivity contribution in [3.8, 4) is 28.5 Å². The molecule has 10 heteroatoms. The topological polar surface area (TPSA) is 141 Å². The van der Waals surface area contributed by atoms with Gasteiger partial charge in [-0.05, 0) is 51.4 Å². The minimum Gasteiger partial charge on any atom is -0.507 e. The van der Waals surface area contributed by atoms with Crippen molar-refractivity contribution in [2.75, 3.05) is 5.43 Å². The number of aliphatic hydroxyl groups excluding tert-OH is 1. The molecule has 2 heterocycles. The Morgan fingerprint density at radius 3 is 2.54 bits per heavy atom. The largest absolute Gasteiger partial charge is 0.507 e. The van der Waals surface area contributed by atoms with E-state index in [1.807, 2.05) is 0 Å². The smallest absolute Gasteiger partial charge is 0.203 e. The summed E-state index contributed by atoms with van der Waals surface area (Å²) in [7, 11) is 0. The molecule has 3 aliphatic carbocycles. The number of allylic oxidation sites excluding steroid dienone is 3. The summed E-state index contributed by atoms with van der Waals surface area (Å²) < 4.78 is 6.04. The Bertz CT molecular complexity index is 1600. The summed E-state index contributed by atoms with van der Waals surface area (Å²) in [6, 6.07) is 0. The van der Waals surface area contributed by atoms with Crippen molar-refractivity contribution in [2.45, 2.75) is 66.2 Å². The third-order valence-corrected chi connectivity index (χ3v) is 10.7. The quantitative estimate of drug-likeness (QED) is 0.283. The van der Waals surface area contributed by atoms with Crippen LogP contribution in [0.15, 0.2) is 33.6 Å². The number of aromatic nitrogens is 1. The van der Waals surface area contributed by atoms with Crippen LogP contribution in [0.3, 0.4) is 0 Å². The molecule has 4 N–H and O–H groups in total. The first kappa shape index (κ1) is 25.6. The van der Waals surface area contributed by atoms with E-state index in [0.29, 0.717) is 16.7 Å². The van der Waals surface area contributed by atoms with Crippen molar-refractivity contribution in [1.82, 2.24) is 4.98 Å². The Labute approximate surface area is 229 Å². The number of ketones is 2. The highest BCUT2D eigenvalue weighted by molar-refractivity contribution is 7.14. The fourth-order valence-electron chi connectivity index (χ4n) is 6.92. The number of ether oxygens (including phenoxy) is 1. The molecule has 1 aliphatic heterocycles. The molecule has 2 fully saturated rings.